The molecule has 0 radical (unpaired) electrons. The molecule has 8 nitrogen and oxygen atoms in total. The number of hydrogen-bond acceptors (Lipinski definition) is 7. The van der Waals surface area contributed by atoms with Crippen molar-refractivity contribution < 1.29 is 27.9 Å². The molecule has 1 atom stereocenters. The number of nitrogens with zero attached hydrogens (tertiary/aromatic N) is 1. The smallest absolute Gasteiger partial charge is 0.308 e. The highest BCUT2D eigenvalue weighted by molar-refractivity contribution is 7.90. The minimum atomic E-state index is -2.94. The van der Waals surface area contributed by atoms with Crippen LogP contribution in [0.25, 0.3) is 11.1 Å². The predicted octanol–water partition coefficient (Wildman–Crippen LogP) is 9.38. The summed E-state index contributed by atoms with van der Waals surface area (Å²) in [6.45, 7) is 17.2. The number of aliphatic hydroxyl groups is 1. The van der Waals surface area contributed by atoms with Crippen molar-refractivity contribution in [3.63, 3.8) is 0 Å². The van der Waals surface area contributed by atoms with Crippen molar-refractivity contribution in [3.05, 3.63) is 59.7 Å². The molecular formula is C39H68N2O6S. The van der Waals surface area contributed by atoms with Gasteiger partial charge in [-0.3, -0.25) is 4.79 Å². The molecule has 2 fully saturated rings. The lowest BCUT2D eigenvalue weighted by Crippen LogP contribution is -2.32. The lowest BCUT2D eigenvalue weighted by molar-refractivity contribution is -0.152. The highest BCUT2D eigenvalue weighted by atomic mass is 32.2. The summed E-state index contributed by atoms with van der Waals surface area (Å²) < 4.78 is 30.0. The minimum absolute atomic E-state index is 0. The van der Waals surface area contributed by atoms with Crippen molar-refractivity contribution >= 4 is 21.7 Å². The maximum atomic E-state index is 11.1. The number of rotatable bonds is 8. The van der Waals surface area contributed by atoms with Crippen LogP contribution in [0.2, 0.25) is 0 Å². The van der Waals surface area contributed by atoms with Crippen molar-refractivity contribution in [2.75, 3.05) is 0 Å². The van der Waals surface area contributed by atoms with Crippen molar-refractivity contribution in [3.8, 4) is 11.1 Å². The first-order chi connectivity index (χ1) is 21.1. The fourth-order valence-corrected chi connectivity index (χ4v) is 5.97. The van der Waals surface area contributed by atoms with Crippen LogP contribution in [-0.2, 0) is 24.4 Å². The number of esters is 1. The summed E-state index contributed by atoms with van der Waals surface area (Å²) in [5.74, 6) is 0.387. The standard InChI is InChI=1S/C16H15NO.C9H16O2.C6H13NO2S.C5H12O.3CH4/c1-11(2)18-17-16-14-9-5-3-7-12(14)13-8-4-6-10-15(13)16;1-7(2)9(10)11-8-5-3-4-6-8;1-5(2)7-10(8,9)6-3-4-6;1-4(2)5(3)6;;;/h3-11H,1-2H3;7-8H,3-6H2,1-2H3;5-7H,3-4H2,1-2H3;4-6H,1-3H3;3*1H4/t;;;5-;;;/m...0.../s1. The molecule has 3 aliphatic rings. The lowest BCUT2D eigenvalue weighted by atomic mass is 10.1. The molecule has 0 spiro atoms. The van der Waals surface area contributed by atoms with Crippen LogP contribution < -0.4 is 4.72 Å². The molecule has 0 aromatic heterocycles. The molecule has 0 unspecified atom stereocenters. The molecule has 0 aliphatic heterocycles. The van der Waals surface area contributed by atoms with Crippen molar-refractivity contribution in [2.24, 2.45) is 17.0 Å². The van der Waals surface area contributed by atoms with Gasteiger partial charge in [-0.1, -0.05) is 104 Å². The van der Waals surface area contributed by atoms with Crippen molar-refractivity contribution in [1.29, 1.82) is 0 Å². The van der Waals surface area contributed by atoms with E-state index in [0.29, 0.717) is 5.92 Å². The van der Waals surface area contributed by atoms with Crippen LogP contribution in [0.5, 0.6) is 0 Å². The Morgan fingerprint density at radius 1 is 0.771 bits per heavy atom. The number of benzene rings is 2. The molecule has 48 heavy (non-hydrogen) atoms. The van der Waals surface area contributed by atoms with Crippen LogP contribution in [0.1, 0.15) is 134 Å². The second kappa shape index (κ2) is 22.8. The number of sulfonamides is 1. The van der Waals surface area contributed by atoms with E-state index in [1.54, 1.807) is 6.92 Å². The van der Waals surface area contributed by atoms with Gasteiger partial charge in [-0.2, -0.15) is 0 Å². The molecule has 0 saturated heterocycles. The number of carbonyl (C=O) groups is 1. The molecular weight excluding hydrogens is 625 g/mol. The van der Waals surface area contributed by atoms with Gasteiger partial charge < -0.3 is 14.7 Å². The molecule has 276 valence electrons. The van der Waals surface area contributed by atoms with Crippen molar-refractivity contribution in [1.82, 2.24) is 4.72 Å². The van der Waals surface area contributed by atoms with Crippen LogP contribution in [0.4, 0.5) is 0 Å². The molecule has 0 bridgehead atoms. The second-order valence-corrected chi connectivity index (χ2v) is 15.2. The van der Waals surface area contributed by atoms with E-state index in [1.807, 2.05) is 67.5 Å². The lowest BCUT2D eigenvalue weighted by Gasteiger charge is -2.12. The van der Waals surface area contributed by atoms with E-state index in [-0.39, 0.29) is 63.8 Å². The van der Waals surface area contributed by atoms with Gasteiger partial charge in [0.05, 0.1) is 17.3 Å². The maximum Gasteiger partial charge on any atom is 0.308 e. The zero-order valence-electron chi connectivity index (χ0n) is 28.7. The van der Waals surface area contributed by atoms with E-state index >= 15 is 0 Å². The summed E-state index contributed by atoms with van der Waals surface area (Å²) in [6, 6.07) is 16.7. The first-order valence-corrected chi connectivity index (χ1v) is 18.0. The molecule has 2 aromatic rings. The van der Waals surface area contributed by atoms with Crippen LogP contribution in [0.15, 0.2) is 53.7 Å². The Hall–Kier alpha value is -2.75. The molecule has 2 N–H and O–H groups in total. The van der Waals surface area contributed by atoms with Gasteiger partial charge in [-0.05, 0) is 90.2 Å². The predicted molar refractivity (Wildman–Crippen MR) is 204 cm³/mol. The Kier molecular flexibility index (Phi) is 22.5. The number of oxime groups is 1. The third-order valence-corrected chi connectivity index (χ3v) is 9.54. The van der Waals surface area contributed by atoms with Crippen LogP contribution in [0.3, 0.4) is 0 Å². The van der Waals surface area contributed by atoms with E-state index in [4.69, 9.17) is 14.7 Å². The van der Waals surface area contributed by atoms with E-state index in [2.05, 4.69) is 46.3 Å². The first-order valence-electron chi connectivity index (χ1n) is 16.5. The molecule has 2 aromatic carbocycles. The van der Waals surface area contributed by atoms with E-state index < -0.39 is 10.0 Å². The van der Waals surface area contributed by atoms with E-state index in [0.717, 1.165) is 42.5 Å². The monoisotopic (exact) mass is 692 g/mol. The number of aliphatic hydroxyl groups excluding tert-OH is 1. The van der Waals surface area contributed by atoms with Gasteiger partial charge in [0, 0.05) is 17.2 Å². The number of nitrogens with one attached hydrogen (secondary N) is 1. The number of carbonyl (C=O) groups excluding carboxylic acids is 1. The van der Waals surface area contributed by atoms with Crippen LogP contribution in [-0.4, -0.2) is 54.8 Å². The Bertz CT molecular complexity index is 1270. The summed E-state index contributed by atoms with van der Waals surface area (Å²) in [5.41, 5.74) is 5.71. The molecule has 0 amide bonds. The van der Waals surface area contributed by atoms with Gasteiger partial charge in [0.15, 0.2) is 0 Å². The number of hydrogen-bond donors (Lipinski definition) is 2. The SMILES string of the molecule is C.C.C.CC(C)C(=O)OC1CCCC1.CC(C)NS(=O)(=O)C1CC1.CC(C)ON=C1c2ccccc2-c2ccccc21.CC(C)[C@H](C)O. The maximum absolute atomic E-state index is 11.1. The van der Waals surface area contributed by atoms with Gasteiger partial charge in [-0.15, -0.1) is 0 Å². The average Bonchev–Trinajstić information content (AvgIpc) is 3.64. The topological polar surface area (TPSA) is 114 Å². The quantitative estimate of drug-likeness (QED) is 0.180. The van der Waals surface area contributed by atoms with E-state index in [9.17, 15) is 13.2 Å². The zero-order valence-corrected chi connectivity index (χ0v) is 29.6. The summed E-state index contributed by atoms with van der Waals surface area (Å²) >= 11 is 0. The summed E-state index contributed by atoms with van der Waals surface area (Å²) in [6.07, 6.45) is 6.42. The number of ether oxygens (including phenoxy) is 1. The molecule has 3 aliphatic carbocycles. The highest BCUT2D eigenvalue weighted by Gasteiger charge is 2.35. The average molecular weight is 693 g/mol. The van der Waals surface area contributed by atoms with Gasteiger partial charge in [-0.25, -0.2) is 13.1 Å². The van der Waals surface area contributed by atoms with Gasteiger partial charge >= 0.3 is 5.97 Å². The molecule has 0 heterocycles. The third kappa shape index (κ3) is 16.1. The third-order valence-electron chi connectivity index (χ3n) is 7.39. The van der Waals surface area contributed by atoms with Gasteiger partial charge in [0.1, 0.15) is 17.9 Å². The normalized spacial score (nSPS) is 15.1. The zero-order chi connectivity index (χ0) is 33.7. The summed E-state index contributed by atoms with van der Waals surface area (Å²) in [4.78, 5) is 16.5. The van der Waals surface area contributed by atoms with E-state index in [1.165, 1.54) is 24.0 Å². The number of fused-ring (bicyclic) bond motifs is 3. The Morgan fingerprint density at radius 3 is 1.52 bits per heavy atom. The van der Waals surface area contributed by atoms with Crippen LogP contribution >= 0.6 is 0 Å². The largest absolute Gasteiger partial charge is 0.462 e. The summed E-state index contributed by atoms with van der Waals surface area (Å²) in [5, 5.41) is 12.9. The Labute approximate surface area is 294 Å². The van der Waals surface area contributed by atoms with Gasteiger partial charge in [0.2, 0.25) is 10.0 Å². The molecule has 9 heteroatoms. The summed E-state index contributed by atoms with van der Waals surface area (Å²) in [7, 11) is -2.94. The van der Waals surface area contributed by atoms with Crippen LogP contribution in [0, 0.1) is 11.8 Å². The molecule has 5 rings (SSSR count). The second-order valence-electron chi connectivity index (χ2n) is 13.2. The van der Waals surface area contributed by atoms with Crippen molar-refractivity contribution in [2.45, 2.75) is 153 Å². The minimum Gasteiger partial charge on any atom is -0.462 e. The Balaban J connectivity index is 0. The fraction of sp³-hybridized carbons (Fsp3) is 0.641. The molecule has 2 saturated carbocycles. The first kappa shape index (κ1) is 47.4. The highest BCUT2D eigenvalue weighted by Crippen LogP contribution is 2.36. The Morgan fingerprint density at radius 2 is 1.19 bits per heavy atom. The fourth-order valence-electron chi connectivity index (χ4n) is 4.36. The van der Waals surface area contributed by atoms with Gasteiger partial charge in [0.25, 0.3) is 0 Å².